The van der Waals surface area contributed by atoms with Gasteiger partial charge in [0, 0.05) is 31.9 Å². The minimum Gasteiger partial charge on any atom is -0.399 e. The van der Waals surface area contributed by atoms with Gasteiger partial charge in [0.05, 0.1) is 5.75 Å². The highest BCUT2D eigenvalue weighted by Crippen LogP contribution is 2.11. The number of nitrogens with two attached hydrogens (primary N) is 1. The summed E-state index contributed by atoms with van der Waals surface area (Å²) >= 11 is 0. The van der Waals surface area contributed by atoms with Crippen molar-refractivity contribution in [3.05, 3.63) is 29.8 Å². The molecule has 0 aliphatic carbocycles. The van der Waals surface area contributed by atoms with Crippen molar-refractivity contribution in [1.82, 2.24) is 9.21 Å². The lowest BCUT2D eigenvalue weighted by Gasteiger charge is -2.33. The molecule has 1 heterocycles. The number of aryl methyl sites for hydroxylation is 1. The van der Waals surface area contributed by atoms with Crippen molar-refractivity contribution in [2.24, 2.45) is 0 Å². The number of piperazine rings is 1. The van der Waals surface area contributed by atoms with Crippen molar-refractivity contribution in [1.29, 1.82) is 0 Å². The monoisotopic (exact) mass is 311 g/mol. The molecular weight excluding hydrogens is 286 g/mol. The largest absolute Gasteiger partial charge is 0.399 e. The van der Waals surface area contributed by atoms with Crippen LogP contribution in [0.5, 0.6) is 0 Å². The molecule has 5 nitrogen and oxygen atoms in total. The molecule has 6 heteroatoms. The van der Waals surface area contributed by atoms with Crippen LogP contribution >= 0.6 is 0 Å². The first-order chi connectivity index (χ1) is 10.0. The van der Waals surface area contributed by atoms with E-state index in [1.807, 2.05) is 12.1 Å². The molecule has 0 unspecified atom stereocenters. The van der Waals surface area contributed by atoms with E-state index in [1.54, 1.807) is 11.2 Å². The summed E-state index contributed by atoms with van der Waals surface area (Å²) in [5.41, 5.74) is 7.77. The summed E-state index contributed by atoms with van der Waals surface area (Å²) < 4.78 is 25.2. The second-order valence-corrected chi connectivity index (χ2v) is 7.74. The average molecular weight is 311 g/mol. The molecule has 2 N–H and O–H groups in total. The summed E-state index contributed by atoms with van der Waals surface area (Å²) in [7, 11) is -3.02. The molecule has 0 spiro atoms. The van der Waals surface area contributed by atoms with E-state index < -0.39 is 10.0 Å². The second-order valence-electron chi connectivity index (χ2n) is 5.49. The normalized spacial score (nSPS) is 18.0. The Morgan fingerprint density at radius 1 is 1.10 bits per heavy atom. The Morgan fingerprint density at radius 2 is 1.71 bits per heavy atom. The van der Waals surface area contributed by atoms with E-state index in [0.29, 0.717) is 13.1 Å². The number of benzene rings is 1. The van der Waals surface area contributed by atoms with Gasteiger partial charge in [-0.3, -0.25) is 0 Å². The van der Waals surface area contributed by atoms with Crippen LogP contribution in [0.3, 0.4) is 0 Å². The van der Waals surface area contributed by atoms with Gasteiger partial charge in [-0.1, -0.05) is 12.1 Å². The van der Waals surface area contributed by atoms with Gasteiger partial charge in [-0.2, -0.15) is 4.31 Å². The zero-order chi connectivity index (χ0) is 15.3. The maximum Gasteiger partial charge on any atom is 0.213 e. The van der Waals surface area contributed by atoms with E-state index in [0.717, 1.165) is 38.2 Å². The Morgan fingerprint density at radius 3 is 2.29 bits per heavy atom. The van der Waals surface area contributed by atoms with Crippen LogP contribution in [0.4, 0.5) is 5.69 Å². The number of hydrogen-bond donors (Lipinski definition) is 1. The predicted octanol–water partition coefficient (Wildman–Crippen LogP) is 1.17. The Hall–Kier alpha value is -1.11. The van der Waals surface area contributed by atoms with Gasteiger partial charge in [-0.05, 0) is 44.0 Å². The van der Waals surface area contributed by atoms with Crippen LogP contribution in [0.15, 0.2) is 24.3 Å². The quantitative estimate of drug-likeness (QED) is 0.801. The van der Waals surface area contributed by atoms with Gasteiger partial charge in [0.1, 0.15) is 0 Å². The van der Waals surface area contributed by atoms with Crippen molar-refractivity contribution in [2.75, 3.05) is 44.2 Å². The third-order valence-electron chi connectivity index (χ3n) is 4.01. The predicted molar refractivity (Wildman–Crippen MR) is 86.6 cm³/mol. The van der Waals surface area contributed by atoms with Crippen LogP contribution in [0.2, 0.25) is 0 Å². The fourth-order valence-corrected chi connectivity index (χ4v) is 3.69. The van der Waals surface area contributed by atoms with Crippen molar-refractivity contribution in [3.8, 4) is 0 Å². The Kier molecular flexibility index (Phi) is 5.61. The number of hydrogen-bond acceptors (Lipinski definition) is 4. The first-order valence-electron chi connectivity index (χ1n) is 7.56. The van der Waals surface area contributed by atoms with E-state index in [9.17, 15) is 8.42 Å². The van der Waals surface area contributed by atoms with Crippen LogP contribution in [-0.2, 0) is 16.4 Å². The molecule has 0 aromatic heterocycles. The number of rotatable bonds is 6. The van der Waals surface area contributed by atoms with Crippen molar-refractivity contribution < 1.29 is 8.42 Å². The second kappa shape index (κ2) is 7.24. The number of nitrogens with zero attached hydrogens (tertiary/aromatic N) is 2. The molecule has 0 atom stereocenters. The number of anilines is 1. The lowest BCUT2D eigenvalue weighted by Crippen LogP contribution is -2.49. The minimum absolute atomic E-state index is 0.199. The Labute approximate surface area is 127 Å². The van der Waals surface area contributed by atoms with Crippen molar-refractivity contribution >= 4 is 15.7 Å². The maximum absolute atomic E-state index is 11.8. The van der Waals surface area contributed by atoms with E-state index >= 15 is 0 Å². The summed E-state index contributed by atoms with van der Waals surface area (Å²) in [6.45, 7) is 5.64. The van der Waals surface area contributed by atoms with Gasteiger partial charge in [0.2, 0.25) is 10.0 Å². The van der Waals surface area contributed by atoms with Gasteiger partial charge < -0.3 is 10.6 Å². The zero-order valence-electron chi connectivity index (χ0n) is 12.7. The molecular formula is C15H25N3O2S. The summed E-state index contributed by atoms with van der Waals surface area (Å²) in [6, 6.07) is 8.01. The third kappa shape index (κ3) is 4.69. The highest BCUT2D eigenvalue weighted by molar-refractivity contribution is 7.89. The Balaban J connectivity index is 1.71. The summed E-state index contributed by atoms with van der Waals surface area (Å²) in [5.74, 6) is 0.199. The van der Waals surface area contributed by atoms with E-state index in [-0.39, 0.29) is 5.75 Å². The lowest BCUT2D eigenvalue weighted by atomic mass is 10.1. The summed E-state index contributed by atoms with van der Waals surface area (Å²) in [5, 5.41) is 0. The SMILES string of the molecule is CCS(=O)(=O)N1CCN(CCCc2ccc(N)cc2)CC1. The summed E-state index contributed by atoms with van der Waals surface area (Å²) in [4.78, 5) is 2.35. The maximum atomic E-state index is 11.8. The fraction of sp³-hybridized carbons (Fsp3) is 0.600. The van der Waals surface area contributed by atoms with Crippen LogP contribution in [0.1, 0.15) is 18.9 Å². The van der Waals surface area contributed by atoms with Gasteiger partial charge in [-0.25, -0.2) is 8.42 Å². The molecule has 21 heavy (non-hydrogen) atoms. The molecule has 1 fully saturated rings. The molecule has 1 aromatic carbocycles. The van der Waals surface area contributed by atoms with Gasteiger partial charge in [0.15, 0.2) is 0 Å². The van der Waals surface area contributed by atoms with Crippen molar-refractivity contribution in [3.63, 3.8) is 0 Å². The van der Waals surface area contributed by atoms with Gasteiger partial charge in [-0.15, -0.1) is 0 Å². The first-order valence-corrected chi connectivity index (χ1v) is 9.17. The molecule has 0 saturated carbocycles. The first kappa shape index (κ1) is 16.3. The van der Waals surface area contributed by atoms with E-state index in [4.69, 9.17) is 5.73 Å². The minimum atomic E-state index is -3.02. The standard InChI is InChI=1S/C15H25N3O2S/c1-2-21(19,20)18-12-10-17(11-13-18)9-3-4-14-5-7-15(16)8-6-14/h5-8H,2-4,9-13,16H2,1H3. The molecule has 1 aliphatic heterocycles. The summed E-state index contributed by atoms with van der Waals surface area (Å²) in [6.07, 6.45) is 2.12. The Bertz CT molecular complexity index is 535. The highest BCUT2D eigenvalue weighted by atomic mass is 32.2. The molecule has 0 radical (unpaired) electrons. The van der Waals surface area contributed by atoms with E-state index in [1.165, 1.54) is 5.56 Å². The van der Waals surface area contributed by atoms with Gasteiger partial charge in [0.25, 0.3) is 0 Å². The van der Waals surface area contributed by atoms with E-state index in [2.05, 4.69) is 17.0 Å². The third-order valence-corrected chi connectivity index (χ3v) is 5.89. The molecule has 0 amide bonds. The topological polar surface area (TPSA) is 66.6 Å². The molecule has 1 aliphatic rings. The van der Waals surface area contributed by atoms with Crippen LogP contribution in [0, 0.1) is 0 Å². The molecule has 1 saturated heterocycles. The van der Waals surface area contributed by atoms with Crippen molar-refractivity contribution in [2.45, 2.75) is 19.8 Å². The molecule has 118 valence electrons. The van der Waals surface area contributed by atoms with Crippen LogP contribution in [0.25, 0.3) is 0 Å². The number of sulfonamides is 1. The number of nitrogen functional groups attached to an aromatic ring is 1. The average Bonchev–Trinajstić information content (AvgIpc) is 2.50. The zero-order valence-corrected chi connectivity index (χ0v) is 13.5. The molecule has 0 bridgehead atoms. The van der Waals surface area contributed by atoms with Crippen LogP contribution < -0.4 is 5.73 Å². The smallest absolute Gasteiger partial charge is 0.213 e. The molecule has 2 rings (SSSR count). The fourth-order valence-electron chi connectivity index (χ4n) is 2.60. The molecule has 1 aromatic rings. The lowest BCUT2D eigenvalue weighted by molar-refractivity contribution is 0.187. The highest BCUT2D eigenvalue weighted by Gasteiger charge is 2.24. The van der Waals surface area contributed by atoms with Crippen LogP contribution in [-0.4, -0.2) is 56.1 Å². The van der Waals surface area contributed by atoms with Gasteiger partial charge >= 0.3 is 0 Å².